The van der Waals surface area contributed by atoms with Crippen molar-refractivity contribution in [3.05, 3.63) is 35.9 Å². The first-order valence-electron chi connectivity index (χ1n) is 4.03. The summed E-state index contributed by atoms with van der Waals surface area (Å²) < 4.78 is 0. The minimum atomic E-state index is -1.26. The number of aromatic amines is 2. The first-order chi connectivity index (χ1) is 7.61. The Morgan fingerprint density at radius 3 is 1.19 bits per heavy atom. The molecule has 0 aliphatic rings. The number of aromatic carboxylic acids is 2. The maximum atomic E-state index is 9.87. The van der Waals surface area contributed by atoms with Crippen molar-refractivity contribution in [1.29, 1.82) is 0 Å². The van der Waals surface area contributed by atoms with Crippen molar-refractivity contribution in [3.63, 3.8) is 0 Å². The molecule has 0 saturated carbocycles. The van der Waals surface area contributed by atoms with Crippen molar-refractivity contribution < 1.29 is 58.8 Å². The third-order valence-electron chi connectivity index (χ3n) is 1.42. The van der Waals surface area contributed by atoms with E-state index in [9.17, 15) is 19.8 Å². The zero-order chi connectivity index (χ0) is 12.0. The van der Waals surface area contributed by atoms with Crippen LogP contribution in [0, 0.1) is 0 Å². The van der Waals surface area contributed by atoms with Gasteiger partial charge in [-0.3, -0.25) is 10.2 Å². The predicted octanol–water partition coefficient (Wildman–Crippen LogP) is -5.75. The van der Waals surface area contributed by atoms with Gasteiger partial charge in [0.2, 0.25) is 0 Å². The van der Waals surface area contributed by atoms with E-state index in [0.717, 1.165) is 0 Å². The van der Waals surface area contributed by atoms with E-state index in [2.05, 4.69) is 20.4 Å². The van der Waals surface area contributed by atoms with Crippen molar-refractivity contribution in [1.82, 2.24) is 20.4 Å². The van der Waals surface area contributed by atoms with E-state index in [1.807, 2.05) is 0 Å². The molecule has 21 heavy (non-hydrogen) atoms. The van der Waals surface area contributed by atoms with Crippen LogP contribution in [0.3, 0.4) is 0 Å². The molecular weight excluding hydrogens is 344 g/mol. The van der Waals surface area contributed by atoms with Crippen LogP contribution in [0.5, 0.6) is 0 Å². The van der Waals surface area contributed by atoms with E-state index in [4.69, 9.17) is 0 Å². The van der Waals surface area contributed by atoms with Crippen LogP contribution in [-0.4, -0.2) is 54.2 Å². The molecule has 10 N–H and O–H groups in total. The van der Waals surface area contributed by atoms with E-state index in [1.54, 1.807) is 0 Å². The molecule has 0 aromatic carbocycles. The molecule has 0 aliphatic carbocycles. The molecule has 0 saturated heterocycles. The van der Waals surface area contributed by atoms with Crippen LogP contribution < -0.4 is 10.2 Å². The summed E-state index contributed by atoms with van der Waals surface area (Å²) in [6.07, 6.45) is 2.84. The molecule has 0 unspecified atom stereocenters. The average Bonchev–Trinajstić information content (AvgIpc) is 2.93. The van der Waals surface area contributed by atoms with Gasteiger partial charge in [0.05, 0.1) is 11.9 Å². The van der Waals surface area contributed by atoms with E-state index >= 15 is 0 Å². The Morgan fingerprint density at radius 1 is 0.810 bits per heavy atom. The quantitative estimate of drug-likeness (QED) is 0.493. The van der Waals surface area contributed by atoms with Crippen molar-refractivity contribution in [3.8, 4) is 0 Å². The molecule has 2 aromatic heterocycles. The molecule has 0 aliphatic heterocycles. The van der Waals surface area contributed by atoms with Gasteiger partial charge in [0, 0.05) is 12.4 Å². The smallest absolute Gasteiger partial charge is 0.543 e. The second-order valence-corrected chi connectivity index (χ2v) is 2.49. The zero-order valence-electron chi connectivity index (χ0n) is 10.1. The molecule has 125 valence electrons. The molecule has 0 atom stereocenters. The fourth-order valence-electron chi connectivity index (χ4n) is 0.748. The number of carboxylic acids is 2. The molecule has 1 radical (unpaired) electrons. The number of H-pyrrole nitrogens is 2. The third-order valence-corrected chi connectivity index (χ3v) is 1.42. The molecule has 13 heteroatoms. The number of nitrogens with one attached hydrogen (secondary N) is 2. The van der Waals surface area contributed by atoms with Crippen LogP contribution in [0.2, 0.25) is 0 Å². The largest absolute Gasteiger partial charge is 2.00 e. The summed E-state index contributed by atoms with van der Waals surface area (Å²) in [4.78, 5) is 19.7. The first-order valence-corrected chi connectivity index (χ1v) is 4.03. The number of carbonyl (C=O) groups is 2. The standard InChI is InChI=1S/2C4H4N2O2.Cu.4H2O/c2*7-4(8)3-1-2-5-6-3;;;;;/h2*1-2H,(H,5,6)(H,7,8);;4*1H2/q;;+2;;;;/p-2. The number of nitrogens with zero attached hydrogens (tertiary/aromatic N) is 2. The Balaban J connectivity index is -0.0000000656. The van der Waals surface area contributed by atoms with Gasteiger partial charge >= 0.3 is 17.1 Å². The summed E-state index contributed by atoms with van der Waals surface area (Å²) in [6, 6.07) is 2.66. The van der Waals surface area contributed by atoms with Crippen molar-refractivity contribution in [2.24, 2.45) is 0 Å². The number of aromatic nitrogens is 4. The monoisotopic (exact) mass is 357 g/mol. The number of hydrogen-bond acceptors (Lipinski definition) is 6. The molecule has 0 spiro atoms. The van der Waals surface area contributed by atoms with Gasteiger partial charge in [0.15, 0.2) is 0 Å². The predicted molar refractivity (Wildman–Crippen MR) is 60.3 cm³/mol. The van der Waals surface area contributed by atoms with Gasteiger partial charge in [-0.1, -0.05) is 0 Å². The number of carbonyl (C=O) groups excluding carboxylic acids is 2. The van der Waals surface area contributed by atoms with Crippen LogP contribution in [-0.2, 0) is 17.1 Å². The zero-order valence-corrected chi connectivity index (χ0v) is 11.1. The Kier molecular flexibility index (Phi) is 23.5. The SMILES string of the molecule is O.O.O.O.O=C([O-])c1cc[nH]n1.O=C([O-])c1cc[nH]n1.[Cu+2]. The van der Waals surface area contributed by atoms with Crippen molar-refractivity contribution in [2.45, 2.75) is 0 Å². The maximum absolute atomic E-state index is 9.87. The van der Waals surface area contributed by atoms with E-state index in [1.165, 1.54) is 24.5 Å². The van der Waals surface area contributed by atoms with Crippen LogP contribution in [0.1, 0.15) is 21.0 Å². The fourth-order valence-corrected chi connectivity index (χ4v) is 0.748. The molecule has 0 amide bonds. The number of rotatable bonds is 2. The van der Waals surface area contributed by atoms with Crippen LogP contribution >= 0.6 is 0 Å². The minimum absolute atomic E-state index is 0. The molecule has 2 rings (SSSR count). The number of hydrogen-bond donors (Lipinski definition) is 2. The average molecular weight is 358 g/mol. The molecule has 2 heterocycles. The summed E-state index contributed by atoms with van der Waals surface area (Å²) in [5.74, 6) is -2.52. The molecule has 2 aromatic rings. The molecular formula is C8H14CuN4O8. The summed E-state index contributed by atoms with van der Waals surface area (Å²) in [6.45, 7) is 0. The summed E-state index contributed by atoms with van der Waals surface area (Å²) in [5, 5.41) is 31.1. The second-order valence-electron chi connectivity index (χ2n) is 2.49. The van der Waals surface area contributed by atoms with Crippen LogP contribution in [0.15, 0.2) is 24.5 Å². The Hall–Kier alpha value is -2.28. The third kappa shape index (κ3) is 11.3. The van der Waals surface area contributed by atoms with Gasteiger partial charge in [0.25, 0.3) is 0 Å². The van der Waals surface area contributed by atoms with Gasteiger partial charge in [0.1, 0.15) is 11.4 Å². The Bertz CT molecular complexity index is 416. The summed E-state index contributed by atoms with van der Waals surface area (Å²) in [5.41, 5.74) is -0.130. The van der Waals surface area contributed by atoms with E-state index in [0.29, 0.717) is 0 Å². The second kappa shape index (κ2) is 15.8. The topological polar surface area (TPSA) is 264 Å². The first kappa shape index (κ1) is 31.2. The molecule has 12 nitrogen and oxygen atoms in total. The maximum Gasteiger partial charge on any atom is 2.00 e. The number of carboxylic acid groups (broad SMARTS) is 2. The van der Waals surface area contributed by atoms with Crippen LogP contribution in [0.25, 0.3) is 0 Å². The van der Waals surface area contributed by atoms with Crippen molar-refractivity contribution >= 4 is 11.9 Å². The normalized spacial score (nSPS) is 6.86. The van der Waals surface area contributed by atoms with Crippen LogP contribution in [0.4, 0.5) is 0 Å². The Morgan fingerprint density at radius 2 is 1.10 bits per heavy atom. The summed E-state index contributed by atoms with van der Waals surface area (Å²) >= 11 is 0. The summed E-state index contributed by atoms with van der Waals surface area (Å²) in [7, 11) is 0. The van der Waals surface area contributed by atoms with Gasteiger partial charge < -0.3 is 41.7 Å². The van der Waals surface area contributed by atoms with Gasteiger partial charge in [-0.15, -0.1) is 0 Å². The van der Waals surface area contributed by atoms with E-state index in [-0.39, 0.29) is 50.4 Å². The Labute approximate surface area is 127 Å². The van der Waals surface area contributed by atoms with Gasteiger partial charge in [-0.2, -0.15) is 10.2 Å². The van der Waals surface area contributed by atoms with Gasteiger partial charge in [-0.25, -0.2) is 0 Å². The fraction of sp³-hybridized carbons (Fsp3) is 0. The molecule has 0 fully saturated rings. The van der Waals surface area contributed by atoms with Gasteiger partial charge in [-0.05, 0) is 12.1 Å². The van der Waals surface area contributed by atoms with E-state index < -0.39 is 11.9 Å². The minimum Gasteiger partial charge on any atom is -0.543 e. The molecule has 0 bridgehead atoms. The van der Waals surface area contributed by atoms with Crippen molar-refractivity contribution in [2.75, 3.05) is 0 Å².